The molecule has 1 fully saturated rings. The van der Waals surface area contributed by atoms with Gasteiger partial charge < -0.3 is 10.6 Å². The van der Waals surface area contributed by atoms with E-state index in [2.05, 4.69) is 10.00 Å². The highest BCUT2D eigenvalue weighted by Gasteiger charge is 2.32. The zero-order chi connectivity index (χ0) is 20.2. The lowest BCUT2D eigenvalue weighted by molar-refractivity contribution is -0.137. The van der Waals surface area contributed by atoms with E-state index >= 15 is 0 Å². The molecule has 1 saturated heterocycles. The van der Waals surface area contributed by atoms with Crippen molar-refractivity contribution in [2.45, 2.75) is 25.6 Å². The second-order valence-corrected chi connectivity index (χ2v) is 7.39. The number of fused-ring (bicyclic) bond motifs is 1. The van der Waals surface area contributed by atoms with Crippen LogP contribution in [0.4, 0.5) is 0 Å². The Balaban J connectivity index is 1.38. The summed E-state index contributed by atoms with van der Waals surface area (Å²) in [6.07, 6.45) is 2.15. The molecule has 3 aromatic rings. The van der Waals surface area contributed by atoms with Crippen molar-refractivity contribution >= 4 is 22.7 Å². The minimum atomic E-state index is -0.474. The van der Waals surface area contributed by atoms with Gasteiger partial charge in [0.1, 0.15) is 6.04 Å². The number of hydrogen-bond donors (Lipinski definition) is 1. The number of hydrogen-bond acceptors (Lipinski definition) is 4. The summed E-state index contributed by atoms with van der Waals surface area (Å²) in [5, 5.41) is 5.44. The van der Waals surface area contributed by atoms with Gasteiger partial charge in [0.2, 0.25) is 11.8 Å². The summed E-state index contributed by atoms with van der Waals surface area (Å²) in [6.45, 7) is 2.71. The average Bonchev–Trinajstić information content (AvgIpc) is 3.16. The van der Waals surface area contributed by atoms with E-state index in [1.54, 1.807) is 4.90 Å². The Morgan fingerprint density at radius 2 is 1.79 bits per heavy atom. The minimum Gasteiger partial charge on any atom is -0.368 e. The van der Waals surface area contributed by atoms with Crippen LogP contribution in [0.5, 0.6) is 0 Å². The molecule has 1 atom stereocenters. The van der Waals surface area contributed by atoms with Gasteiger partial charge in [-0.1, -0.05) is 48.5 Å². The van der Waals surface area contributed by atoms with Crippen LogP contribution in [-0.2, 0) is 22.7 Å². The van der Waals surface area contributed by atoms with Crippen LogP contribution in [0.15, 0.2) is 60.8 Å². The first-order valence-electron chi connectivity index (χ1n) is 9.87. The molecule has 7 nitrogen and oxygen atoms in total. The molecule has 0 bridgehead atoms. The second kappa shape index (κ2) is 8.45. The molecule has 1 unspecified atom stereocenters. The molecule has 2 aromatic carbocycles. The maximum Gasteiger partial charge on any atom is 0.236 e. The van der Waals surface area contributed by atoms with Gasteiger partial charge in [0.05, 0.1) is 18.3 Å². The number of nitrogens with two attached hydrogens (primary N) is 1. The van der Waals surface area contributed by atoms with Gasteiger partial charge >= 0.3 is 0 Å². The molecule has 0 aliphatic carbocycles. The molecule has 2 N–H and O–H groups in total. The normalized spacial score (nSPS) is 17.5. The molecule has 0 radical (unpaired) electrons. The molecule has 2 heterocycles. The number of piperazine rings is 1. The highest BCUT2D eigenvalue weighted by atomic mass is 16.2. The number of aromatic nitrogens is 2. The summed E-state index contributed by atoms with van der Waals surface area (Å²) in [6, 6.07) is 17.5. The zero-order valence-corrected chi connectivity index (χ0v) is 16.3. The fourth-order valence-electron chi connectivity index (χ4n) is 3.89. The number of benzene rings is 2. The summed E-state index contributed by atoms with van der Waals surface area (Å²) < 4.78 is 1.85. The maximum absolute atomic E-state index is 12.8. The Kier molecular flexibility index (Phi) is 5.57. The quantitative estimate of drug-likeness (QED) is 0.692. The Bertz CT molecular complexity index is 1000. The standard InChI is InChI=1S/C22H25N5O2/c23-22(29)20-16-26(13-12-25(20)15-17-6-2-1-3-7-17)21(28)10-11-27-19-9-5-4-8-18(19)14-24-27/h1-9,14,20H,10-13,15-16H2,(H2,23,29). The topological polar surface area (TPSA) is 84.5 Å². The molecule has 2 amide bonds. The summed E-state index contributed by atoms with van der Waals surface area (Å²) in [7, 11) is 0. The number of rotatable bonds is 6. The molecule has 1 aliphatic rings. The van der Waals surface area contributed by atoms with Crippen LogP contribution in [0.3, 0.4) is 0 Å². The predicted octanol–water partition coefficient (Wildman–Crippen LogP) is 1.62. The largest absolute Gasteiger partial charge is 0.368 e. The van der Waals surface area contributed by atoms with Gasteiger partial charge in [-0.25, -0.2) is 0 Å². The first kappa shape index (κ1) is 19.1. The molecule has 1 aromatic heterocycles. The predicted molar refractivity (Wildman–Crippen MR) is 111 cm³/mol. The van der Waals surface area contributed by atoms with E-state index in [1.165, 1.54) is 0 Å². The van der Waals surface area contributed by atoms with E-state index in [0.29, 0.717) is 39.1 Å². The number of primary amides is 1. The first-order valence-corrected chi connectivity index (χ1v) is 9.87. The lowest BCUT2D eigenvalue weighted by atomic mass is 10.1. The molecule has 4 rings (SSSR count). The van der Waals surface area contributed by atoms with E-state index in [4.69, 9.17) is 5.73 Å². The van der Waals surface area contributed by atoms with Gasteiger partial charge in [-0.05, 0) is 11.6 Å². The van der Waals surface area contributed by atoms with Crippen molar-refractivity contribution < 1.29 is 9.59 Å². The molecular formula is C22H25N5O2. The van der Waals surface area contributed by atoms with Gasteiger partial charge in [0, 0.05) is 38.0 Å². The summed E-state index contributed by atoms with van der Waals surface area (Å²) in [5.74, 6) is -0.369. The van der Waals surface area contributed by atoms with Crippen molar-refractivity contribution in [1.29, 1.82) is 0 Å². The molecule has 150 valence electrons. The van der Waals surface area contributed by atoms with E-state index < -0.39 is 11.9 Å². The van der Waals surface area contributed by atoms with Crippen LogP contribution in [0.25, 0.3) is 10.9 Å². The Hall–Kier alpha value is -3.19. The number of carbonyl (C=O) groups excluding carboxylic acids is 2. The van der Waals surface area contributed by atoms with Crippen LogP contribution >= 0.6 is 0 Å². The molecular weight excluding hydrogens is 366 g/mol. The van der Waals surface area contributed by atoms with Crippen molar-refractivity contribution in [2.75, 3.05) is 19.6 Å². The third kappa shape index (κ3) is 4.30. The molecule has 29 heavy (non-hydrogen) atoms. The number of carbonyl (C=O) groups is 2. The molecule has 0 spiro atoms. The van der Waals surface area contributed by atoms with Gasteiger partial charge in [-0.2, -0.15) is 5.10 Å². The fourth-order valence-corrected chi connectivity index (χ4v) is 3.89. The van der Waals surface area contributed by atoms with E-state index in [0.717, 1.165) is 16.5 Å². The van der Waals surface area contributed by atoms with Crippen molar-refractivity contribution in [3.05, 3.63) is 66.4 Å². The highest BCUT2D eigenvalue weighted by Crippen LogP contribution is 2.16. The SMILES string of the molecule is NC(=O)C1CN(C(=O)CCn2ncc3ccccc32)CCN1Cc1ccccc1. The van der Waals surface area contributed by atoms with Crippen molar-refractivity contribution in [3.8, 4) is 0 Å². The van der Waals surface area contributed by atoms with Crippen molar-refractivity contribution in [1.82, 2.24) is 19.6 Å². The van der Waals surface area contributed by atoms with Gasteiger partial charge in [-0.3, -0.25) is 19.2 Å². The zero-order valence-electron chi connectivity index (χ0n) is 16.3. The third-order valence-corrected chi connectivity index (χ3v) is 5.49. The Morgan fingerprint density at radius 3 is 2.59 bits per heavy atom. The maximum atomic E-state index is 12.8. The van der Waals surface area contributed by atoms with Crippen LogP contribution < -0.4 is 5.73 Å². The smallest absolute Gasteiger partial charge is 0.236 e. The summed E-state index contributed by atoms with van der Waals surface area (Å²) in [5.41, 5.74) is 7.80. The van der Waals surface area contributed by atoms with Gasteiger partial charge in [0.25, 0.3) is 0 Å². The van der Waals surface area contributed by atoms with E-state index in [1.807, 2.05) is 65.5 Å². The fraction of sp³-hybridized carbons (Fsp3) is 0.318. The second-order valence-electron chi connectivity index (χ2n) is 7.39. The van der Waals surface area contributed by atoms with Gasteiger partial charge in [-0.15, -0.1) is 0 Å². The van der Waals surface area contributed by atoms with Crippen LogP contribution in [0, 0.1) is 0 Å². The lowest BCUT2D eigenvalue weighted by Gasteiger charge is -2.40. The van der Waals surface area contributed by atoms with Crippen LogP contribution in [-0.4, -0.2) is 57.1 Å². The van der Waals surface area contributed by atoms with Crippen molar-refractivity contribution in [2.24, 2.45) is 5.73 Å². The molecule has 0 saturated carbocycles. The Labute approximate surface area is 169 Å². The van der Waals surface area contributed by atoms with Crippen molar-refractivity contribution in [3.63, 3.8) is 0 Å². The summed E-state index contributed by atoms with van der Waals surface area (Å²) in [4.78, 5) is 28.6. The summed E-state index contributed by atoms with van der Waals surface area (Å²) >= 11 is 0. The van der Waals surface area contributed by atoms with E-state index in [9.17, 15) is 9.59 Å². The van der Waals surface area contributed by atoms with Crippen LogP contribution in [0.1, 0.15) is 12.0 Å². The minimum absolute atomic E-state index is 0.0233. The number of amides is 2. The lowest BCUT2D eigenvalue weighted by Crippen LogP contribution is -2.58. The average molecular weight is 391 g/mol. The number of para-hydroxylation sites is 1. The third-order valence-electron chi connectivity index (χ3n) is 5.49. The first-order chi connectivity index (χ1) is 14.1. The molecule has 1 aliphatic heterocycles. The number of nitrogens with zero attached hydrogens (tertiary/aromatic N) is 4. The van der Waals surface area contributed by atoms with E-state index in [-0.39, 0.29) is 5.91 Å². The highest BCUT2D eigenvalue weighted by molar-refractivity contribution is 5.83. The number of aryl methyl sites for hydroxylation is 1. The Morgan fingerprint density at radius 1 is 1.03 bits per heavy atom. The van der Waals surface area contributed by atoms with Crippen LogP contribution in [0.2, 0.25) is 0 Å². The molecule has 7 heteroatoms. The van der Waals surface area contributed by atoms with Gasteiger partial charge in [0.15, 0.2) is 0 Å². The monoisotopic (exact) mass is 391 g/mol.